The number of fused-ring (bicyclic) bond motifs is 1. The van der Waals surface area contributed by atoms with Gasteiger partial charge in [0, 0.05) is 25.3 Å². The molecule has 1 N–H and O–H groups in total. The Morgan fingerprint density at radius 2 is 2.25 bits per heavy atom. The van der Waals surface area contributed by atoms with Gasteiger partial charge in [-0.3, -0.25) is 0 Å². The molecule has 1 radical (unpaired) electrons. The summed E-state index contributed by atoms with van der Waals surface area (Å²) in [5.74, 6) is 0.350. The van der Waals surface area contributed by atoms with Crippen molar-refractivity contribution in [1.82, 2.24) is 0 Å². The lowest BCUT2D eigenvalue weighted by molar-refractivity contribution is 0.475. The van der Waals surface area contributed by atoms with Gasteiger partial charge in [-0.1, -0.05) is 6.07 Å². The fraction of sp³-hybridized carbons (Fsp3) is 0.300. The third-order valence-electron chi connectivity index (χ3n) is 2.25. The van der Waals surface area contributed by atoms with Crippen LogP contribution in [0.15, 0.2) is 18.2 Å². The van der Waals surface area contributed by atoms with Gasteiger partial charge in [0.25, 0.3) is 0 Å². The number of rotatable bonds is 0. The van der Waals surface area contributed by atoms with E-state index in [1.807, 2.05) is 19.2 Å². The van der Waals surface area contributed by atoms with Gasteiger partial charge >= 0.3 is 0 Å². The zero-order valence-electron chi connectivity index (χ0n) is 7.12. The lowest BCUT2D eigenvalue weighted by Gasteiger charge is -2.27. The van der Waals surface area contributed by atoms with Gasteiger partial charge in [0.1, 0.15) is 5.75 Å². The third-order valence-corrected chi connectivity index (χ3v) is 2.25. The number of anilines is 1. The lowest BCUT2D eigenvalue weighted by Crippen LogP contribution is -2.24. The van der Waals surface area contributed by atoms with Crippen molar-refractivity contribution in [3.8, 4) is 5.75 Å². The van der Waals surface area contributed by atoms with Crippen LogP contribution in [0.5, 0.6) is 5.75 Å². The molecule has 0 amide bonds. The smallest absolute Gasteiger partial charge is 0.117 e. The summed E-state index contributed by atoms with van der Waals surface area (Å²) in [4.78, 5) is 2.14. The molecule has 0 aliphatic carbocycles. The first-order valence-electron chi connectivity index (χ1n) is 4.12. The fourth-order valence-corrected chi connectivity index (χ4v) is 1.59. The molecule has 0 spiro atoms. The minimum absolute atomic E-state index is 0.350. The second-order valence-corrected chi connectivity index (χ2v) is 3.19. The molecule has 0 fully saturated rings. The molecular weight excluding hydrogens is 150 g/mol. The molecule has 1 aromatic carbocycles. The average molecular weight is 162 g/mol. The number of phenols is 1. The largest absolute Gasteiger partial charge is 0.508 e. The van der Waals surface area contributed by atoms with E-state index < -0.39 is 0 Å². The van der Waals surface area contributed by atoms with Crippen LogP contribution in [-0.4, -0.2) is 18.7 Å². The molecule has 2 nitrogen and oxygen atoms in total. The van der Waals surface area contributed by atoms with Crippen molar-refractivity contribution >= 4 is 5.69 Å². The molecule has 12 heavy (non-hydrogen) atoms. The summed E-state index contributed by atoms with van der Waals surface area (Å²) in [6.45, 7) is 0.969. The summed E-state index contributed by atoms with van der Waals surface area (Å²) in [5, 5.41) is 9.27. The van der Waals surface area contributed by atoms with Gasteiger partial charge in [0.2, 0.25) is 0 Å². The van der Waals surface area contributed by atoms with E-state index in [2.05, 4.69) is 11.3 Å². The Morgan fingerprint density at radius 1 is 1.42 bits per heavy atom. The van der Waals surface area contributed by atoms with Crippen LogP contribution in [0.2, 0.25) is 0 Å². The van der Waals surface area contributed by atoms with E-state index in [1.54, 1.807) is 6.07 Å². The van der Waals surface area contributed by atoms with Crippen molar-refractivity contribution in [2.75, 3.05) is 18.5 Å². The van der Waals surface area contributed by atoms with E-state index >= 15 is 0 Å². The molecule has 63 valence electrons. The van der Waals surface area contributed by atoms with Gasteiger partial charge in [0.15, 0.2) is 0 Å². The van der Waals surface area contributed by atoms with E-state index in [-0.39, 0.29) is 0 Å². The minimum Gasteiger partial charge on any atom is -0.508 e. The van der Waals surface area contributed by atoms with Gasteiger partial charge in [-0.25, -0.2) is 0 Å². The molecule has 1 aromatic rings. The van der Waals surface area contributed by atoms with Gasteiger partial charge in [-0.2, -0.15) is 0 Å². The minimum atomic E-state index is 0.350. The maximum Gasteiger partial charge on any atom is 0.117 e. The zero-order valence-corrected chi connectivity index (χ0v) is 7.12. The van der Waals surface area contributed by atoms with Crippen LogP contribution in [0.3, 0.4) is 0 Å². The first-order chi connectivity index (χ1) is 5.77. The molecule has 1 heterocycles. The van der Waals surface area contributed by atoms with E-state index in [1.165, 1.54) is 5.56 Å². The van der Waals surface area contributed by atoms with E-state index in [0.29, 0.717) is 5.75 Å². The van der Waals surface area contributed by atoms with E-state index in [0.717, 1.165) is 18.7 Å². The highest BCUT2D eigenvalue weighted by Gasteiger charge is 2.13. The molecule has 2 rings (SSSR count). The highest BCUT2D eigenvalue weighted by atomic mass is 16.3. The number of hydrogen-bond acceptors (Lipinski definition) is 2. The Labute approximate surface area is 72.4 Å². The van der Waals surface area contributed by atoms with Crippen molar-refractivity contribution in [2.24, 2.45) is 0 Å². The van der Waals surface area contributed by atoms with Crippen LogP contribution in [0.4, 0.5) is 5.69 Å². The van der Waals surface area contributed by atoms with Crippen molar-refractivity contribution in [2.45, 2.75) is 6.42 Å². The summed E-state index contributed by atoms with van der Waals surface area (Å²) in [6.07, 6.45) is 3.25. The standard InChI is InChI=1S/C10H12NO/c1-11-6-2-3-8-4-5-9(12)7-10(8)11/h2,4-5,7,12H,3,6H2,1H3. The number of aromatic hydroxyl groups is 1. The van der Waals surface area contributed by atoms with Crippen LogP contribution in [0.25, 0.3) is 0 Å². The fourth-order valence-electron chi connectivity index (χ4n) is 1.59. The van der Waals surface area contributed by atoms with E-state index in [4.69, 9.17) is 0 Å². The Bertz CT molecular complexity index is 296. The Kier molecular flexibility index (Phi) is 1.68. The highest BCUT2D eigenvalue weighted by molar-refractivity contribution is 5.59. The molecule has 1 aliphatic heterocycles. The van der Waals surface area contributed by atoms with Crippen LogP contribution in [0.1, 0.15) is 5.56 Å². The topological polar surface area (TPSA) is 23.5 Å². The zero-order chi connectivity index (χ0) is 8.55. The number of benzene rings is 1. The summed E-state index contributed by atoms with van der Waals surface area (Å²) >= 11 is 0. The predicted molar refractivity (Wildman–Crippen MR) is 49.4 cm³/mol. The van der Waals surface area contributed by atoms with Crippen molar-refractivity contribution in [3.63, 3.8) is 0 Å². The number of hydrogen-bond donors (Lipinski definition) is 1. The summed E-state index contributed by atoms with van der Waals surface area (Å²) in [7, 11) is 2.04. The first-order valence-corrected chi connectivity index (χ1v) is 4.12. The highest BCUT2D eigenvalue weighted by Crippen LogP contribution is 2.28. The summed E-state index contributed by atoms with van der Waals surface area (Å²) in [6, 6.07) is 5.55. The number of nitrogens with zero attached hydrogens (tertiary/aromatic N) is 1. The van der Waals surface area contributed by atoms with Gasteiger partial charge in [0.05, 0.1) is 0 Å². The van der Waals surface area contributed by atoms with Crippen LogP contribution in [0, 0.1) is 6.42 Å². The quantitative estimate of drug-likeness (QED) is 0.626. The SMILES string of the molecule is CN1C[CH]Cc2ccc(O)cc21. The Hall–Kier alpha value is -1.18. The van der Waals surface area contributed by atoms with Gasteiger partial charge < -0.3 is 10.0 Å². The van der Waals surface area contributed by atoms with Crippen LogP contribution < -0.4 is 4.90 Å². The lowest BCUT2D eigenvalue weighted by atomic mass is 10.0. The third kappa shape index (κ3) is 1.13. The predicted octanol–water partition coefficient (Wildman–Crippen LogP) is 1.59. The normalized spacial score (nSPS) is 15.9. The second-order valence-electron chi connectivity index (χ2n) is 3.19. The van der Waals surface area contributed by atoms with E-state index in [9.17, 15) is 5.11 Å². The molecule has 2 heteroatoms. The monoisotopic (exact) mass is 162 g/mol. The molecule has 0 unspecified atom stereocenters. The molecule has 0 aromatic heterocycles. The average Bonchev–Trinajstić information content (AvgIpc) is 2.07. The maximum atomic E-state index is 9.27. The Morgan fingerprint density at radius 3 is 3.08 bits per heavy atom. The molecule has 0 atom stereocenters. The molecular formula is C10H12NO. The van der Waals surface area contributed by atoms with Crippen molar-refractivity contribution in [3.05, 3.63) is 30.2 Å². The molecule has 0 saturated heterocycles. The Balaban J connectivity index is 2.47. The van der Waals surface area contributed by atoms with Gasteiger partial charge in [-0.05, 0) is 24.5 Å². The van der Waals surface area contributed by atoms with Crippen molar-refractivity contribution in [1.29, 1.82) is 0 Å². The summed E-state index contributed by atoms with van der Waals surface area (Å²) < 4.78 is 0. The molecule has 0 saturated carbocycles. The number of phenolic OH excluding ortho intramolecular Hbond substituents is 1. The maximum absolute atomic E-state index is 9.27. The molecule has 1 aliphatic rings. The van der Waals surface area contributed by atoms with Crippen LogP contribution in [-0.2, 0) is 6.42 Å². The first kappa shape index (κ1) is 7.47. The van der Waals surface area contributed by atoms with Crippen molar-refractivity contribution < 1.29 is 5.11 Å². The summed E-state index contributed by atoms with van der Waals surface area (Å²) in [5.41, 5.74) is 2.44. The molecule has 0 bridgehead atoms. The van der Waals surface area contributed by atoms with Gasteiger partial charge in [-0.15, -0.1) is 0 Å². The second kappa shape index (κ2) is 2.70. The van der Waals surface area contributed by atoms with Crippen LogP contribution >= 0.6 is 0 Å².